The topological polar surface area (TPSA) is 41.1 Å². The molecule has 1 atom stereocenters. The summed E-state index contributed by atoms with van der Waals surface area (Å²) in [5.74, 6) is -0.257. The second kappa shape index (κ2) is 6.66. The molecule has 1 aromatic rings. The largest absolute Gasteiger partial charge is 0.416 e. The van der Waals surface area contributed by atoms with Gasteiger partial charge in [0.1, 0.15) is 0 Å². The van der Waals surface area contributed by atoms with E-state index in [4.69, 9.17) is 0 Å². The molecule has 118 valence electrons. The van der Waals surface area contributed by atoms with Crippen molar-refractivity contribution in [3.8, 4) is 0 Å². The van der Waals surface area contributed by atoms with E-state index in [1.54, 1.807) is 6.92 Å². The third-order valence-corrected chi connectivity index (χ3v) is 3.63. The summed E-state index contributed by atoms with van der Waals surface area (Å²) in [5.41, 5.74) is -1.30. The number of benzene rings is 1. The second-order valence-corrected chi connectivity index (χ2v) is 5.20. The van der Waals surface area contributed by atoms with Gasteiger partial charge in [-0.3, -0.25) is 4.79 Å². The molecule has 21 heavy (non-hydrogen) atoms. The van der Waals surface area contributed by atoms with Gasteiger partial charge in [-0.25, -0.2) is 0 Å². The van der Waals surface area contributed by atoms with Crippen molar-refractivity contribution in [3.05, 3.63) is 35.4 Å². The predicted octanol–water partition coefficient (Wildman–Crippen LogP) is 2.89. The minimum atomic E-state index is -4.41. The Hall–Kier alpha value is -1.27. The van der Waals surface area contributed by atoms with Crippen molar-refractivity contribution in [3.63, 3.8) is 0 Å². The van der Waals surface area contributed by atoms with Gasteiger partial charge in [0.2, 0.25) is 5.91 Å². The highest BCUT2D eigenvalue weighted by Gasteiger charge is 2.36. The second-order valence-electron chi connectivity index (χ2n) is 5.20. The normalized spacial score (nSPS) is 21.7. The molecule has 1 fully saturated rings. The molecular weight excluding hydrogens is 305 g/mol. The molecule has 7 heteroatoms. The highest BCUT2D eigenvalue weighted by molar-refractivity contribution is 5.86. The van der Waals surface area contributed by atoms with Crippen molar-refractivity contribution in [2.75, 3.05) is 6.54 Å². The maximum atomic E-state index is 12.8. The molecule has 1 saturated heterocycles. The molecule has 2 N–H and O–H groups in total. The van der Waals surface area contributed by atoms with Crippen LogP contribution in [-0.2, 0) is 17.5 Å². The van der Waals surface area contributed by atoms with E-state index in [2.05, 4.69) is 10.6 Å². The minimum Gasteiger partial charge on any atom is -0.350 e. The highest BCUT2D eigenvalue weighted by atomic mass is 35.5. The molecule has 1 aromatic carbocycles. The number of alkyl halides is 3. The van der Waals surface area contributed by atoms with Crippen molar-refractivity contribution in [1.29, 1.82) is 0 Å². The number of rotatable bonds is 3. The van der Waals surface area contributed by atoms with Gasteiger partial charge in [-0.1, -0.05) is 18.2 Å². The minimum absolute atomic E-state index is 0. The zero-order valence-electron chi connectivity index (χ0n) is 11.6. The average molecular weight is 323 g/mol. The lowest BCUT2D eigenvalue weighted by Crippen LogP contribution is -2.50. The number of hydrogen-bond acceptors (Lipinski definition) is 2. The van der Waals surface area contributed by atoms with E-state index in [-0.39, 0.29) is 30.4 Å². The van der Waals surface area contributed by atoms with Crippen molar-refractivity contribution in [1.82, 2.24) is 10.6 Å². The SMILES string of the molecule is C[C@]1(C(=O)NCc2ccccc2C(F)(F)F)CCCN1.Cl. The lowest BCUT2D eigenvalue weighted by Gasteiger charge is -2.23. The number of carbonyl (C=O) groups is 1. The summed E-state index contributed by atoms with van der Waals surface area (Å²) in [5, 5.41) is 5.67. The fourth-order valence-electron chi connectivity index (χ4n) is 2.41. The first-order valence-electron chi connectivity index (χ1n) is 6.51. The van der Waals surface area contributed by atoms with Crippen LogP contribution in [0.5, 0.6) is 0 Å². The van der Waals surface area contributed by atoms with Gasteiger partial charge < -0.3 is 10.6 Å². The van der Waals surface area contributed by atoms with Crippen LogP contribution < -0.4 is 10.6 Å². The van der Waals surface area contributed by atoms with E-state index in [0.29, 0.717) is 6.42 Å². The van der Waals surface area contributed by atoms with Crippen LogP contribution in [0.25, 0.3) is 0 Å². The Balaban J connectivity index is 0.00000220. The standard InChI is InChI=1S/C14H17F3N2O.ClH/c1-13(7-4-8-19-13)12(20)18-9-10-5-2-3-6-11(10)14(15,16)17;/h2-3,5-6,19H,4,7-9H2,1H3,(H,18,20);1H/t13-;/m1./s1. The van der Waals surface area contributed by atoms with Gasteiger partial charge >= 0.3 is 6.18 Å². The van der Waals surface area contributed by atoms with E-state index >= 15 is 0 Å². The molecule has 0 unspecified atom stereocenters. The Kier molecular flexibility index (Phi) is 5.64. The van der Waals surface area contributed by atoms with Crippen LogP contribution in [0.1, 0.15) is 30.9 Å². The van der Waals surface area contributed by atoms with Gasteiger partial charge in [0.05, 0.1) is 11.1 Å². The Labute approximate surface area is 127 Å². The third kappa shape index (κ3) is 4.11. The zero-order valence-corrected chi connectivity index (χ0v) is 12.4. The molecular formula is C14H18ClF3N2O. The number of hydrogen-bond donors (Lipinski definition) is 2. The van der Waals surface area contributed by atoms with Gasteiger partial charge in [-0.15, -0.1) is 12.4 Å². The predicted molar refractivity (Wildman–Crippen MR) is 76.2 cm³/mol. The Morgan fingerprint density at radius 2 is 2.05 bits per heavy atom. The molecule has 0 radical (unpaired) electrons. The summed E-state index contributed by atoms with van der Waals surface area (Å²) in [6.45, 7) is 2.40. The molecule has 1 aliphatic heterocycles. The van der Waals surface area contributed by atoms with Crippen molar-refractivity contribution >= 4 is 18.3 Å². The first-order valence-corrected chi connectivity index (χ1v) is 6.51. The van der Waals surface area contributed by atoms with Crippen LogP contribution in [0.2, 0.25) is 0 Å². The Morgan fingerprint density at radius 3 is 2.62 bits per heavy atom. The summed E-state index contributed by atoms with van der Waals surface area (Å²) in [4.78, 5) is 12.0. The van der Waals surface area contributed by atoms with Crippen LogP contribution in [-0.4, -0.2) is 18.0 Å². The molecule has 0 spiro atoms. The fourth-order valence-corrected chi connectivity index (χ4v) is 2.41. The van der Waals surface area contributed by atoms with Gasteiger partial charge in [0.15, 0.2) is 0 Å². The lowest BCUT2D eigenvalue weighted by molar-refractivity contribution is -0.138. The molecule has 0 saturated carbocycles. The lowest BCUT2D eigenvalue weighted by atomic mass is 9.99. The zero-order chi connectivity index (χ0) is 14.8. The monoisotopic (exact) mass is 322 g/mol. The van der Waals surface area contributed by atoms with Crippen LogP contribution >= 0.6 is 12.4 Å². The first kappa shape index (κ1) is 17.8. The van der Waals surface area contributed by atoms with Crippen LogP contribution in [0.15, 0.2) is 24.3 Å². The highest BCUT2D eigenvalue weighted by Crippen LogP contribution is 2.31. The van der Waals surface area contributed by atoms with E-state index in [0.717, 1.165) is 19.0 Å². The summed E-state index contributed by atoms with van der Waals surface area (Å²) in [6.07, 6.45) is -2.82. The number of carbonyl (C=O) groups excluding carboxylic acids is 1. The van der Waals surface area contributed by atoms with Crippen molar-refractivity contribution < 1.29 is 18.0 Å². The smallest absolute Gasteiger partial charge is 0.350 e. The molecule has 1 heterocycles. The Bertz CT molecular complexity index is 499. The summed E-state index contributed by atoms with van der Waals surface area (Å²) in [6, 6.07) is 5.28. The van der Waals surface area contributed by atoms with Gasteiger partial charge in [-0.05, 0) is 37.9 Å². The molecule has 0 aromatic heterocycles. The maximum Gasteiger partial charge on any atom is 0.416 e. The quantitative estimate of drug-likeness (QED) is 0.898. The van der Waals surface area contributed by atoms with Gasteiger partial charge in [0.25, 0.3) is 0 Å². The number of nitrogens with one attached hydrogen (secondary N) is 2. The van der Waals surface area contributed by atoms with Gasteiger partial charge in [0, 0.05) is 6.54 Å². The van der Waals surface area contributed by atoms with Crippen molar-refractivity contribution in [2.45, 2.75) is 38.0 Å². The van der Waals surface area contributed by atoms with E-state index in [1.165, 1.54) is 18.2 Å². The van der Waals surface area contributed by atoms with Crippen LogP contribution in [0, 0.1) is 0 Å². The molecule has 0 bridgehead atoms. The molecule has 2 rings (SSSR count). The molecule has 1 amide bonds. The summed E-state index contributed by atoms with van der Waals surface area (Å²) < 4.78 is 38.5. The molecule has 3 nitrogen and oxygen atoms in total. The fraction of sp³-hybridized carbons (Fsp3) is 0.500. The number of halogens is 4. The Morgan fingerprint density at radius 1 is 1.38 bits per heavy atom. The van der Waals surface area contributed by atoms with E-state index < -0.39 is 17.3 Å². The molecule has 0 aliphatic carbocycles. The van der Waals surface area contributed by atoms with E-state index in [1.807, 2.05) is 0 Å². The first-order chi connectivity index (χ1) is 9.33. The maximum absolute atomic E-state index is 12.8. The molecule has 1 aliphatic rings. The average Bonchev–Trinajstić information content (AvgIpc) is 2.83. The van der Waals surface area contributed by atoms with Crippen molar-refractivity contribution in [2.24, 2.45) is 0 Å². The van der Waals surface area contributed by atoms with E-state index in [9.17, 15) is 18.0 Å². The summed E-state index contributed by atoms with van der Waals surface area (Å²) >= 11 is 0. The summed E-state index contributed by atoms with van der Waals surface area (Å²) in [7, 11) is 0. The third-order valence-electron chi connectivity index (χ3n) is 3.63. The number of amides is 1. The van der Waals surface area contributed by atoms with Crippen LogP contribution in [0.4, 0.5) is 13.2 Å². The van der Waals surface area contributed by atoms with Gasteiger partial charge in [-0.2, -0.15) is 13.2 Å². The van der Waals surface area contributed by atoms with Crippen LogP contribution in [0.3, 0.4) is 0 Å².